The molecular formula is C36H37N3O7. The van der Waals surface area contributed by atoms with E-state index in [2.05, 4.69) is 30.4 Å². The average Bonchev–Trinajstić information content (AvgIpc) is 2.99. The Morgan fingerprint density at radius 1 is 1.00 bits per heavy atom. The topological polar surface area (TPSA) is 173 Å². The third-order valence-electron chi connectivity index (χ3n) is 9.61. The van der Waals surface area contributed by atoms with Gasteiger partial charge in [0.05, 0.1) is 11.6 Å². The summed E-state index contributed by atoms with van der Waals surface area (Å²) in [5.41, 5.74) is 7.50. The molecule has 7 N–H and O–H groups in total. The zero-order valence-corrected chi connectivity index (χ0v) is 25.9. The highest BCUT2D eigenvalue weighted by Crippen LogP contribution is 2.53. The number of carbonyl (C=O) groups excluding carboxylic acids is 3. The highest BCUT2D eigenvalue weighted by atomic mass is 16.3. The monoisotopic (exact) mass is 623 g/mol. The van der Waals surface area contributed by atoms with Gasteiger partial charge >= 0.3 is 0 Å². The van der Waals surface area contributed by atoms with Crippen molar-refractivity contribution in [3.05, 3.63) is 105 Å². The molecule has 10 nitrogen and oxygen atoms in total. The molecule has 238 valence electrons. The molecule has 6 rings (SSSR count). The van der Waals surface area contributed by atoms with Crippen LogP contribution < -0.4 is 11.1 Å². The Kier molecular flexibility index (Phi) is 7.84. The zero-order chi connectivity index (χ0) is 33.1. The molecule has 10 heteroatoms. The smallest absolute Gasteiger partial charge is 0.255 e. The van der Waals surface area contributed by atoms with Gasteiger partial charge in [0.1, 0.15) is 22.8 Å². The fourth-order valence-corrected chi connectivity index (χ4v) is 7.49. The van der Waals surface area contributed by atoms with E-state index in [0.29, 0.717) is 12.1 Å². The van der Waals surface area contributed by atoms with Gasteiger partial charge in [0, 0.05) is 24.6 Å². The molecule has 4 atom stereocenters. The molecule has 0 radical (unpaired) electrons. The molecule has 1 fully saturated rings. The maximum atomic E-state index is 14.1. The van der Waals surface area contributed by atoms with Crippen molar-refractivity contribution >= 4 is 23.2 Å². The van der Waals surface area contributed by atoms with E-state index in [1.165, 1.54) is 22.1 Å². The number of hydrogen-bond acceptors (Lipinski definition) is 9. The first-order valence-electron chi connectivity index (χ1n) is 15.2. The van der Waals surface area contributed by atoms with Gasteiger partial charge in [-0.05, 0) is 73.7 Å². The number of nitrogens with one attached hydrogen (secondary N) is 1. The van der Waals surface area contributed by atoms with Gasteiger partial charge in [0.2, 0.25) is 5.78 Å². The number of phenolic OH excluding ortho intramolecular Hbond substituents is 1. The van der Waals surface area contributed by atoms with Crippen molar-refractivity contribution < 1.29 is 34.8 Å². The van der Waals surface area contributed by atoms with Crippen molar-refractivity contribution in [1.82, 2.24) is 10.2 Å². The Bertz CT molecular complexity index is 1840. The van der Waals surface area contributed by atoms with Gasteiger partial charge in [0.15, 0.2) is 11.4 Å². The summed E-state index contributed by atoms with van der Waals surface area (Å²) in [6.07, 6.45) is 0.254. The largest absolute Gasteiger partial charge is 0.508 e. The Morgan fingerprint density at radius 2 is 1.70 bits per heavy atom. The standard InChI is InChI=1S/C36H37N3O7/c1-18-5-4-6-20(13-18)17-38-16-19-7-9-21(10-8-19)23-11-12-26(40)28-24(23)14-22-15-25-30(39(2)3)32(42)29(35(37)45)34(44)36(25,46)33(43)27(22)31(28)41/h4-13,22,25,30,38,40-41,44,46H,14-17H2,1-3H3,(H2,37,45)/t22-,25-,30-,36-/m0/s1. The van der Waals surface area contributed by atoms with Gasteiger partial charge in [-0.15, -0.1) is 0 Å². The molecule has 0 aliphatic heterocycles. The lowest BCUT2D eigenvalue weighted by Gasteiger charge is -2.50. The van der Waals surface area contributed by atoms with Gasteiger partial charge in [-0.1, -0.05) is 60.2 Å². The number of primary amides is 1. The molecule has 0 saturated heterocycles. The van der Waals surface area contributed by atoms with Crippen molar-refractivity contribution in [2.75, 3.05) is 14.1 Å². The Balaban J connectivity index is 1.35. The number of carbonyl (C=O) groups is 3. The third-order valence-corrected chi connectivity index (χ3v) is 9.61. The lowest BCUT2D eigenvalue weighted by atomic mass is 9.57. The van der Waals surface area contributed by atoms with E-state index >= 15 is 0 Å². The summed E-state index contributed by atoms with van der Waals surface area (Å²) in [5.74, 6) is -6.70. The van der Waals surface area contributed by atoms with Crippen LogP contribution in [0.3, 0.4) is 0 Å². The van der Waals surface area contributed by atoms with Crippen LogP contribution in [0.1, 0.15) is 34.2 Å². The minimum Gasteiger partial charge on any atom is -0.508 e. The van der Waals surface area contributed by atoms with E-state index in [4.69, 9.17) is 5.73 Å². The van der Waals surface area contributed by atoms with Crippen LogP contribution in [0.4, 0.5) is 0 Å². The predicted octanol–water partition coefficient (Wildman–Crippen LogP) is 3.23. The summed E-state index contributed by atoms with van der Waals surface area (Å²) in [7, 11) is 3.15. The first-order chi connectivity index (χ1) is 21.8. The number of rotatable bonds is 7. The Labute approximate surface area is 266 Å². The molecule has 0 bridgehead atoms. The number of aromatic hydroxyl groups is 1. The number of fused-ring (bicyclic) bond motifs is 3. The van der Waals surface area contributed by atoms with Crippen LogP contribution >= 0.6 is 0 Å². The fourth-order valence-electron chi connectivity index (χ4n) is 7.49. The third kappa shape index (κ3) is 4.89. The van der Waals surface area contributed by atoms with Gasteiger partial charge in [-0.2, -0.15) is 0 Å². The van der Waals surface area contributed by atoms with Crippen LogP contribution in [0, 0.1) is 18.8 Å². The van der Waals surface area contributed by atoms with E-state index in [1.54, 1.807) is 20.2 Å². The molecule has 3 aromatic rings. The normalized spacial score (nSPS) is 24.2. The summed E-state index contributed by atoms with van der Waals surface area (Å²) >= 11 is 0. The number of aliphatic hydroxyl groups excluding tert-OH is 2. The summed E-state index contributed by atoms with van der Waals surface area (Å²) in [6, 6.07) is 18.3. The average molecular weight is 624 g/mol. The van der Waals surface area contributed by atoms with Crippen LogP contribution in [0.5, 0.6) is 5.75 Å². The molecule has 46 heavy (non-hydrogen) atoms. The minimum absolute atomic E-state index is 0.0341. The number of ketones is 2. The Morgan fingerprint density at radius 3 is 2.35 bits per heavy atom. The molecule has 0 heterocycles. The van der Waals surface area contributed by atoms with Gasteiger partial charge in [0.25, 0.3) is 5.91 Å². The molecule has 0 aromatic heterocycles. The van der Waals surface area contributed by atoms with Crippen molar-refractivity contribution in [2.24, 2.45) is 17.6 Å². The number of likely N-dealkylation sites (N-methyl/N-ethyl adjacent to an activating group) is 1. The quantitative estimate of drug-likeness (QED) is 0.216. The van der Waals surface area contributed by atoms with Crippen LogP contribution in [0.2, 0.25) is 0 Å². The number of hydrogen-bond donors (Lipinski definition) is 6. The van der Waals surface area contributed by atoms with Crippen LogP contribution in [0.25, 0.3) is 16.9 Å². The number of amides is 1. The second-order valence-corrected chi connectivity index (χ2v) is 12.7. The molecule has 3 aliphatic carbocycles. The number of aryl methyl sites for hydroxylation is 1. The maximum absolute atomic E-state index is 14.1. The van der Waals surface area contributed by atoms with E-state index in [-0.39, 0.29) is 29.7 Å². The maximum Gasteiger partial charge on any atom is 0.255 e. The molecular weight excluding hydrogens is 586 g/mol. The van der Waals surface area contributed by atoms with Crippen molar-refractivity contribution in [2.45, 2.75) is 44.5 Å². The second-order valence-electron chi connectivity index (χ2n) is 12.7. The molecule has 3 aliphatic rings. The summed E-state index contributed by atoms with van der Waals surface area (Å²) in [4.78, 5) is 41.0. The van der Waals surface area contributed by atoms with Crippen molar-refractivity contribution in [3.63, 3.8) is 0 Å². The van der Waals surface area contributed by atoms with E-state index < -0.39 is 58.0 Å². The van der Waals surface area contributed by atoms with E-state index in [0.717, 1.165) is 23.2 Å². The highest BCUT2D eigenvalue weighted by Gasteiger charge is 2.64. The number of aliphatic hydroxyl groups is 3. The minimum atomic E-state index is -2.67. The lowest BCUT2D eigenvalue weighted by Crippen LogP contribution is -2.65. The number of phenols is 1. The van der Waals surface area contributed by atoms with Crippen LogP contribution in [-0.4, -0.2) is 68.5 Å². The first-order valence-corrected chi connectivity index (χ1v) is 15.2. The molecule has 0 unspecified atom stereocenters. The van der Waals surface area contributed by atoms with Crippen LogP contribution in [0.15, 0.2) is 77.6 Å². The van der Waals surface area contributed by atoms with Gasteiger partial charge < -0.3 is 31.5 Å². The summed E-state index contributed by atoms with van der Waals surface area (Å²) in [5, 5.41) is 48.7. The van der Waals surface area contributed by atoms with Crippen molar-refractivity contribution in [3.8, 4) is 16.9 Å². The van der Waals surface area contributed by atoms with Gasteiger partial charge in [-0.3, -0.25) is 19.3 Å². The first kappa shape index (κ1) is 31.2. The lowest BCUT2D eigenvalue weighted by molar-refractivity contribution is -0.153. The molecule has 3 aromatic carbocycles. The Hall–Kier alpha value is -4.77. The number of Topliss-reactive ketones (excluding diaryl/α,β-unsaturated/α-hetero) is 2. The van der Waals surface area contributed by atoms with Crippen molar-refractivity contribution in [1.29, 1.82) is 0 Å². The molecule has 1 saturated carbocycles. The fraction of sp³-hybridized carbons (Fsp3) is 0.306. The SMILES string of the molecule is Cc1cccc(CNCc2ccc(-c3ccc(O)c4c3C[C@H]3C[C@H]5[C@H](N(C)C)C(=O)C(C(N)=O)=C(O)[C@@]5(O)C(=O)C3=C4O)cc2)c1. The van der Waals surface area contributed by atoms with Crippen LogP contribution in [-0.2, 0) is 33.9 Å². The second kappa shape index (κ2) is 11.5. The number of nitrogens with two attached hydrogens (primary N) is 1. The zero-order valence-electron chi connectivity index (χ0n) is 25.9. The van der Waals surface area contributed by atoms with E-state index in [1.807, 2.05) is 30.3 Å². The highest BCUT2D eigenvalue weighted by molar-refractivity contribution is 6.24. The predicted molar refractivity (Wildman–Crippen MR) is 171 cm³/mol. The molecule has 1 amide bonds. The molecule has 0 spiro atoms. The summed E-state index contributed by atoms with van der Waals surface area (Å²) in [6.45, 7) is 3.46. The number of nitrogens with zero attached hydrogens (tertiary/aromatic N) is 1. The summed E-state index contributed by atoms with van der Waals surface area (Å²) < 4.78 is 0. The van der Waals surface area contributed by atoms with Gasteiger partial charge in [-0.25, -0.2) is 0 Å². The number of benzene rings is 3. The van der Waals surface area contributed by atoms with E-state index in [9.17, 15) is 34.8 Å².